The Morgan fingerprint density at radius 2 is 1.79 bits per heavy atom. The molecule has 1 heterocycles. The highest BCUT2D eigenvalue weighted by atomic mass is 16.5. The largest absolute Gasteiger partial charge is 0.495 e. The fourth-order valence-corrected chi connectivity index (χ4v) is 2.65. The van der Waals surface area contributed by atoms with Gasteiger partial charge in [-0.15, -0.1) is 0 Å². The number of esters is 1. The van der Waals surface area contributed by atoms with Gasteiger partial charge in [-0.1, -0.05) is 18.2 Å². The Balaban J connectivity index is 1.83. The Bertz CT molecular complexity index is 1050. The Morgan fingerprint density at radius 1 is 1.00 bits per heavy atom. The number of para-hydroxylation sites is 1. The summed E-state index contributed by atoms with van der Waals surface area (Å²) in [6, 6.07) is 13.7. The second-order valence-corrected chi connectivity index (χ2v) is 6.09. The molecule has 0 fully saturated rings. The number of nitrogens with one attached hydrogen (secondary N) is 2. The normalized spacial score (nSPS) is 10.2. The summed E-state index contributed by atoms with van der Waals surface area (Å²) in [6.07, 6.45) is 1.47. The van der Waals surface area contributed by atoms with Crippen molar-refractivity contribution in [3.63, 3.8) is 0 Å². The van der Waals surface area contributed by atoms with Gasteiger partial charge in [0.05, 0.1) is 31.2 Å². The first kappa shape index (κ1) is 19.8. The summed E-state index contributed by atoms with van der Waals surface area (Å²) in [4.78, 5) is 32.9. The van der Waals surface area contributed by atoms with Gasteiger partial charge in [-0.25, -0.2) is 14.8 Å². The number of nitrogens with zero attached hydrogens (tertiary/aromatic N) is 2. The van der Waals surface area contributed by atoms with Crippen molar-refractivity contribution < 1.29 is 19.1 Å². The van der Waals surface area contributed by atoms with Crippen molar-refractivity contribution in [2.45, 2.75) is 6.92 Å². The van der Waals surface area contributed by atoms with Crippen LogP contribution in [0, 0.1) is 6.92 Å². The third-order valence-corrected chi connectivity index (χ3v) is 4.07. The van der Waals surface area contributed by atoms with Crippen molar-refractivity contribution in [1.29, 1.82) is 0 Å². The molecule has 0 saturated heterocycles. The summed E-state index contributed by atoms with van der Waals surface area (Å²) in [5.41, 5.74) is 2.43. The van der Waals surface area contributed by atoms with Gasteiger partial charge in [-0.05, 0) is 42.8 Å². The number of hydrogen-bond acceptors (Lipinski definition) is 7. The molecule has 2 aromatic carbocycles. The molecule has 0 radical (unpaired) electrons. The zero-order valence-electron chi connectivity index (χ0n) is 16.2. The Morgan fingerprint density at radius 3 is 2.55 bits per heavy atom. The topological polar surface area (TPSA) is 102 Å². The van der Waals surface area contributed by atoms with Gasteiger partial charge in [-0.3, -0.25) is 4.79 Å². The van der Waals surface area contributed by atoms with E-state index in [1.807, 2.05) is 25.1 Å². The van der Waals surface area contributed by atoms with Crippen LogP contribution < -0.4 is 15.4 Å². The minimum Gasteiger partial charge on any atom is -0.495 e. The third kappa shape index (κ3) is 4.67. The van der Waals surface area contributed by atoms with Gasteiger partial charge >= 0.3 is 5.97 Å². The van der Waals surface area contributed by atoms with Crippen LogP contribution in [0.25, 0.3) is 0 Å². The highest BCUT2D eigenvalue weighted by molar-refractivity contribution is 6.07. The highest BCUT2D eigenvalue weighted by Gasteiger charge is 2.16. The first-order valence-electron chi connectivity index (χ1n) is 8.75. The van der Waals surface area contributed by atoms with Gasteiger partial charge in [0.1, 0.15) is 11.4 Å². The molecule has 0 aliphatic carbocycles. The van der Waals surface area contributed by atoms with Crippen LogP contribution in [0.2, 0.25) is 0 Å². The van der Waals surface area contributed by atoms with Crippen LogP contribution in [0.4, 0.5) is 17.3 Å². The fraction of sp³-hybridized carbons (Fsp3) is 0.143. The molecule has 1 amide bonds. The van der Waals surface area contributed by atoms with Gasteiger partial charge in [0.15, 0.2) is 0 Å². The van der Waals surface area contributed by atoms with E-state index in [9.17, 15) is 9.59 Å². The Hall–Kier alpha value is -3.94. The number of carbonyl (C=O) groups is 2. The van der Waals surface area contributed by atoms with Crippen LogP contribution >= 0.6 is 0 Å². The number of methoxy groups -OCH3 is 2. The van der Waals surface area contributed by atoms with Crippen molar-refractivity contribution >= 4 is 29.2 Å². The zero-order valence-corrected chi connectivity index (χ0v) is 16.2. The number of amides is 1. The molecule has 8 heteroatoms. The summed E-state index contributed by atoms with van der Waals surface area (Å²) in [7, 11) is 2.85. The van der Waals surface area contributed by atoms with E-state index in [2.05, 4.69) is 20.6 Å². The number of anilines is 3. The van der Waals surface area contributed by atoms with Crippen LogP contribution in [0.1, 0.15) is 26.4 Å². The minimum atomic E-state index is -0.544. The molecule has 0 atom stereocenters. The van der Waals surface area contributed by atoms with E-state index >= 15 is 0 Å². The maximum Gasteiger partial charge on any atom is 0.339 e. The van der Waals surface area contributed by atoms with Crippen molar-refractivity contribution in [1.82, 2.24) is 9.97 Å². The molecule has 2 N–H and O–H groups in total. The summed E-state index contributed by atoms with van der Waals surface area (Å²) in [6.45, 7) is 1.95. The molecule has 0 spiro atoms. The Kier molecular flexibility index (Phi) is 6.03. The molecule has 3 rings (SSSR count). The molecular formula is C21H20N4O4. The predicted octanol–water partition coefficient (Wildman–Crippen LogP) is 3.58. The van der Waals surface area contributed by atoms with Crippen molar-refractivity contribution in [2.75, 3.05) is 24.9 Å². The van der Waals surface area contributed by atoms with Gasteiger partial charge in [-0.2, -0.15) is 0 Å². The molecule has 0 unspecified atom stereocenters. The number of rotatable bonds is 6. The minimum absolute atomic E-state index is 0.133. The maximum absolute atomic E-state index is 12.7. The van der Waals surface area contributed by atoms with Crippen LogP contribution in [0.3, 0.4) is 0 Å². The van der Waals surface area contributed by atoms with Crippen LogP contribution in [0.5, 0.6) is 5.75 Å². The lowest BCUT2D eigenvalue weighted by molar-refractivity contribution is 0.0602. The smallest absolute Gasteiger partial charge is 0.339 e. The molecule has 8 nitrogen and oxygen atoms in total. The van der Waals surface area contributed by atoms with Crippen LogP contribution in [-0.2, 0) is 4.74 Å². The lowest BCUT2D eigenvalue weighted by Crippen LogP contribution is -2.17. The van der Waals surface area contributed by atoms with E-state index < -0.39 is 11.9 Å². The number of ether oxygens (including phenoxy) is 2. The van der Waals surface area contributed by atoms with Crippen LogP contribution in [-0.4, -0.2) is 36.1 Å². The summed E-state index contributed by atoms with van der Waals surface area (Å²) < 4.78 is 10.1. The monoisotopic (exact) mass is 392 g/mol. The van der Waals surface area contributed by atoms with E-state index in [4.69, 9.17) is 9.47 Å². The number of benzene rings is 2. The number of carbonyl (C=O) groups excluding carboxylic acids is 2. The molecule has 29 heavy (non-hydrogen) atoms. The maximum atomic E-state index is 12.7. The Labute approximate surface area is 167 Å². The number of hydrogen-bond donors (Lipinski definition) is 2. The van der Waals surface area contributed by atoms with E-state index in [0.29, 0.717) is 17.1 Å². The second-order valence-electron chi connectivity index (χ2n) is 6.09. The lowest BCUT2D eigenvalue weighted by atomic mass is 10.1. The lowest BCUT2D eigenvalue weighted by Gasteiger charge is -2.12. The molecule has 0 aliphatic heterocycles. The van der Waals surface area contributed by atoms with E-state index in [0.717, 1.165) is 5.56 Å². The van der Waals surface area contributed by atoms with E-state index in [1.54, 1.807) is 31.4 Å². The predicted molar refractivity (Wildman–Crippen MR) is 109 cm³/mol. The number of aryl methyl sites for hydroxylation is 1. The van der Waals surface area contributed by atoms with Crippen molar-refractivity contribution in [2.24, 2.45) is 0 Å². The number of aromatic nitrogens is 2. The fourth-order valence-electron chi connectivity index (χ4n) is 2.65. The molecular weight excluding hydrogens is 372 g/mol. The molecule has 0 aliphatic rings. The van der Waals surface area contributed by atoms with Gasteiger partial charge in [0, 0.05) is 6.20 Å². The van der Waals surface area contributed by atoms with Crippen molar-refractivity contribution in [3.05, 3.63) is 71.5 Å². The van der Waals surface area contributed by atoms with Gasteiger partial charge in [0.2, 0.25) is 5.95 Å². The van der Waals surface area contributed by atoms with Crippen LogP contribution in [0.15, 0.2) is 54.7 Å². The van der Waals surface area contributed by atoms with E-state index in [-0.39, 0.29) is 17.2 Å². The summed E-state index contributed by atoms with van der Waals surface area (Å²) in [5, 5.41) is 5.74. The zero-order chi connectivity index (χ0) is 20.8. The first-order valence-corrected chi connectivity index (χ1v) is 8.75. The first-order chi connectivity index (χ1) is 14.0. The summed E-state index contributed by atoms with van der Waals surface area (Å²) in [5.74, 6) is -0.163. The molecule has 0 bridgehead atoms. The second kappa shape index (κ2) is 8.83. The quantitative estimate of drug-likeness (QED) is 0.618. The summed E-state index contributed by atoms with van der Waals surface area (Å²) >= 11 is 0. The molecule has 1 aromatic heterocycles. The third-order valence-electron chi connectivity index (χ3n) is 4.07. The SMILES string of the molecule is COC(=O)c1ccccc1NC(=O)c1ccnc(Nc2cc(C)ccc2OC)n1. The average Bonchev–Trinajstić information content (AvgIpc) is 2.74. The highest BCUT2D eigenvalue weighted by Crippen LogP contribution is 2.27. The molecule has 3 aromatic rings. The average molecular weight is 392 g/mol. The van der Waals surface area contributed by atoms with Gasteiger partial charge in [0.25, 0.3) is 5.91 Å². The van der Waals surface area contributed by atoms with Gasteiger partial charge < -0.3 is 20.1 Å². The molecule has 0 saturated carbocycles. The van der Waals surface area contributed by atoms with Crippen molar-refractivity contribution in [3.8, 4) is 5.75 Å². The standard InChI is InChI=1S/C21H20N4O4/c1-13-8-9-18(28-2)17(12-13)25-21-22-11-10-16(24-21)19(26)23-15-7-5-4-6-14(15)20(27)29-3/h4-12H,1-3H3,(H,23,26)(H,22,24,25). The van der Waals surface area contributed by atoms with E-state index in [1.165, 1.54) is 19.4 Å². The molecule has 148 valence electrons.